The molecule has 12 heteroatoms. The van der Waals surface area contributed by atoms with Crippen molar-refractivity contribution in [2.45, 2.75) is 62.2 Å². The maximum atomic E-state index is 14.3. The Kier molecular flexibility index (Phi) is 7.22. The number of rotatable bonds is 6. The van der Waals surface area contributed by atoms with Gasteiger partial charge in [0.25, 0.3) is 11.7 Å². The van der Waals surface area contributed by atoms with Gasteiger partial charge in [0.05, 0.1) is 11.5 Å². The minimum absolute atomic E-state index is 0.0224. The second-order valence-corrected chi connectivity index (χ2v) is 12.0. The first-order valence-electron chi connectivity index (χ1n) is 14.6. The molecule has 1 unspecified atom stereocenters. The average molecular weight is 606 g/mol. The van der Waals surface area contributed by atoms with E-state index in [0.717, 1.165) is 37.3 Å². The number of carbonyl (C=O) groups excluding carboxylic acids is 4. The Morgan fingerprint density at radius 2 is 1.86 bits per heavy atom. The number of aromatic nitrogens is 1. The summed E-state index contributed by atoms with van der Waals surface area (Å²) in [5.74, 6) is -3.25. The summed E-state index contributed by atoms with van der Waals surface area (Å²) < 4.78 is 39.7. The average Bonchev–Trinajstić information content (AvgIpc) is 3.80. The minimum Gasteiger partial charge on any atom is -0.351 e. The zero-order chi connectivity index (χ0) is 31.4. The van der Waals surface area contributed by atoms with Crippen LogP contribution in [-0.2, 0) is 15.0 Å². The number of nitriles is 1. The summed E-state index contributed by atoms with van der Waals surface area (Å²) in [6.45, 7) is -0.0224. The fraction of sp³-hybridized carbons (Fsp3) is 0.406. The van der Waals surface area contributed by atoms with Gasteiger partial charge in [-0.1, -0.05) is 56.0 Å². The third-order valence-corrected chi connectivity index (χ3v) is 9.42. The van der Waals surface area contributed by atoms with E-state index in [0.29, 0.717) is 12.1 Å². The molecule has 44 heavy (non-hydrogen) atoms. The fourth-order valence-corrected chi connectivity index (χ4v) is 7.12. The van der Waals surface area contributed by atoms with Gasteiger partial charge in [-0.05, 0) is 36.1 Å². The number of H-pyrrole nitrogens is 1. The summed E-state index contributed by atoms with van der Waals surface area (Å²) in [4.78, 5) is 59.0. The number of para-hydroxylation sites is 1. The molecular weight excluding hydrogens is 575 g/mol. The fourth-order valence-electron chi connectivity index (χ4n) is 7.12. The van der Waals surface area contributed by atoms with Crippen molar-refractivity contribution in [3.8, 4) is 6.07 Å². The minimum atomic E-state index is -5.09. The van der Waals surface area contributed by atoms with Crippen LogP contribution in [0.25, 0.3) is 10.9 Å². The molecule has 1 aromatic heterocycles. The smallest absolute Gasteiger partial charge is 0.351 e. The maximum absolute atomic E-state index is 14.3. The van der Waals surface area contributed by atoms with Crippen LogP contribution in [0.5, 0.6) is 0 Å². The number of hydrogen-bond donors (Lipinski definition) is 2. The van der Waals surface area contributed by atoms with Crippen LogP contribution < -0.4 is 5.32 Å². The van der Waals surface area contributed by atoms with Crippen LogP contribution >= 0.6 is 0 Å². The van der Waals surface area contributed by atoms with Crippen LogP contribution in [0, 0.1) is 17.2 Å². The summed E-state index contributed by atoms with van der Waals surface area (Å²) in [7, 11) is 1.46. The van der Waals surface area contributed by atoms with Crippen molar-refractivity contribution in [1.29, 1.82) is 5.26 Å². The third-order valence-electron chi connectivity index (χ3n) is 9.42. The molecule has 3 heterocycles. The summed E-state index contributed by atoms with van der Waals surface area (Å²) in [6.07, 6.45) is -0.900. The number of nitrogens with one attached hydrogen (secondary N) is 2. The number of aromatic amines is 1. The first kappa shape index (κ1) is 29.4. The van der Waals surface area contributed by atoms with Crippen LogP contribution in [0.15, 0.2) is 48.5 Å². The quantitative estimate of drug-likeness (QED) is 0.385. The van der Waals surface area contributed by atoms with Crippen molar-refractivity contribution in [3.63, 3.8) is 0 Å². The second kappa shape index (κ2) is 10.8. The lowest BCUT2D eigenvalue weighted by Gasteiger charge is -2.33. The monoisotopic (exact) mass is 605 g/mol. The molecule has 0 bridgehead atoms. The number of ketones is 1. The Balaban J connectivity index is 1.33. The highest BCUT2D eigenvalue weighted by molar-refractivity contribution is 6.12. The van der Waals surface area contributed by atoms with Crippen LogP contribution in [-0.4, -0.2) is 70.1 Å². The number of likely N-dealkylation sites (N-methyl/N-ethyl adjacent to an activating group) is 1. The number of likely N-dealkylation sites (tertiary alicyclic amines) is 1. The Labute approximate surface area is 251 Å². The van der Waals surface area contributed by atoms with Gasteiger partial charge < -0.3 is 20.1 Å². The number of amides is 3. The Bertz CT molecular complexity index is 1720. The Morgan fingerprint density at radius 1 is 1.14 bits per heavy atom. The number of alkyl halides is 3. The van der Waals surface area contributed by atoms with Crippen molar-refractivity contribution in [3.05, 3.63) is 65.4 Å². The third kappa shape index (κ3) is 4.80. The van der Waals surface area contributed by atoms with Gasteiger partial charge in [-0.25, -0.2) is 0 Å². The van der Waals surface area contributed by atoms with E-state index in [1.165, 1.54) is 35.0 Å². The van der Waals surface area contributed by atoms with Gasteiger partial charge in [0.1, 0.15) is 17.8 Å². The molecule has 1 aliphatic carbocycles. The molecule has 2 aliphatic heterocycles. The molecule has 3 aromatic rings. The van der Waals surface area contributed by atoms with E-state index in [1.807, 2.05) is 6.07 Å². The number of halogens is 3. The second-order valence-electron chi connectivity index (χ2n) is 12.0. The number of hydrogen-bond acceptors (Lipinski definition) is 5. The topological polar surface area (TPSA) is 126 Å². The van der Waals surface area contributed by atoms with Crippen LogP contribution in [0.1, 0.15) is 64.9 Å². The van der Waals surface area contributed by atoms with E-state index in [9.17, 15) is 37.6 Å². The van der Waals surface area contributed by atoms with Crippen LogP contribution in [0.2, 0.25) is 0 Å². The summed E-state index contributed by atoms with van der Waals surface area (Å²) in [6, 6.07) is 12.5. The lowest BCUT2D eigenvalue weighted by molar-refractivity contribution is -0.136. The van der Waals surface area contributed by atoms with Crippen molar-refractivity contribution in [2.75, 3.05) is 18.9 Å². The first-order chi connectivity index (χ1) is 20.9. The summed E-state index contributed by atoms with van der Waals surface area (Å²) >= 11 is 0. The highest BCUT2D eigenvalue weighted by Gasteiger charge is 2.57. The van der Waals surface area contributed by atoms with Crippen molar-refractivity contribution < 1.29 is 32.3 Å². The number of benzene rings is 2. The molecule has 3 aliphatic rings. The number of carbonyl (C=O) groups is 4. The van der Waals surface area contributed by atoms with Crippen LogP contribution in [0.3, 0.4) is 0 Å². The largest absolute Gasteiger partial charge is 0.454 e. The van der Waals surface area contributed by atoms with Gasteiger partial charge in [-0.2, -0.15) is 18.4 Å². The molecule has 3 atom stereocenters. The highest BCUT2D eigenvalue weighted by atomic mass is 19.4. The van der Waals surface area contributed by atoms with Gasteiger partial charge in [0.15, 0.2) is 0 Å². The molecule has 9 nitrogen and oxygen atoms in total. The summed E-state index contributed by atoms with van der Waals surface area (Å²) in [5.41, 5.74) is -0.215. The lowest BCUT2D eigenvalue weighted by atomic mass is 9.80. The van der Waals surface area contributed by atoms with Gasteiger partial charge in [0, 0.05) is 42.2 Å². The van der Waals surface area contributed by atoms with E-state index in [4.69, 9.17) is 0 Å². The predicted octanol–water partition coefficient (Wildman–Crippen LogP) is 4.95. The Morgan fingerprint density at radius 3 is 2.57 bits per heavy atom. The maximum Gasteiger partial charge on any atom is 0.454 e. The number of nitrogens with zero attached hydrogens (tertiary/aromatic N) is 3. The van der Waals surface area contributed by atoms with Gasteiger partial charge in [-0.3, -0.25) is 19.2 Å². The normalized spacial score (nSPS) is 22.2. The zero-order valence-electron chi connectivity index (χ0n) is 23.9. The first-order valence-corrected chi connectivity index (χ1v) is 14.6. The van der Waals surface area contributed by atoms with Crippen LogP contribution in [0.4, 0.5) is 18.9 Å². The summed E-state index contributed by atoms with van der Waals surface area (Å²) in [5, 5.41) is 12.9. The number of anilines is 1. The molecule has 1 saturated carbocycles. The van der Waals surface area contributed by atoms with Gasteiger partial charge in [-0.15, -0.1) is 0 Å². The van der Waals surface area contributed by atoms with Gasteiger partial charge in [0.2, 0.25) is 11.8 Å². The molecule has 0 radical (unpaired) electrons. The molecule has 2 aromatic carbocycles. The molecule has 2 N–H and O–H groups in total. The molecule has 3 amide bonds. The van der Waals surface area contributed by atoms with E-state index >= 15 is 0 Å². The van der Waals surface area contributed by atoms with E-state index in [1.54, 1.807) is 18.2 Å². The Hall–Kier alpha value is -4.66. The van der Waals surface area contributed by atoms with Crippen molar-refractivity contribution in [2.24, 2.45) is 5.92 Å². The van der Waals surface area contributed by atoms with E-state index in [2.05, 4.69) is 16.4 Å². The zero-order valence-corrected chi connectivity index (χ0v) is 23.9. The molecule has 1 saturated heterocycles. The molecule has 1 spiro atoms. The molecular formula is C32H30F3N5O4. The molecule has 2 fully saturated rings. The molecule has 228 valence electrons. The number of fused-ring (bicyclic) bond motifs is 3. The highest BCUT2D eigenvalue weighted by Crippen LogP contribution is 2.46. The van der Waals surface area contributed by atoms with Crippen molar-refractivity contribution in [1.82, 2.24) is 14.8 Å². The SMILES string of the molecule is CN(C(=O)c1cc2c(C(=O)C(F)(F)F)cccc2[nH]1)[C@@H](CC1CCCC1)C(=O)N1C[C@]2(CC1C#N)C(=O)Nc1ccccc12. The molecule has 6 rings (SSSR count). The lowest BCUT2D eigenvalue weighted by Crippen LogP contribution is -2.52. The standard InChI is InChI=1S/C32H30F3N5O4/c1-39(28(42)25-14-21-20(27(41)32(33,34)35)9-6-12-23(21)37-25)26(13-18-7-2-3-8-18)29(43)40-17-31(15-19(40)16-36)22-10-4-5-11-24(22)38-30(31)44/h4-6,9-12,14,18-19,26,37H,2-3,7-8,13,15,17H2,1H3,(H,38,44)/t19?,26-,31-/m0/s1. The van der Waals surface area contributed by atoms with E-state index < -0.39 is 46.8 Å². The van der Waals surface area contributed by atoms with Crippen molar-refractivity contribution >= 4 is 40.1 Å². The van der Waals surface area contributed by atoms with Gasteiger partial charge >= 0.3 is 6.18 Å². The predicted molar refractivity (Wildman–Crippen MR) is 154 cm³/mol. The van der Waals surface area contributed by atoms with E-state index in [-0.39, 0.29) is 41.4 Å². The number of Topliss-reactive ketones (excluding diaryl/α,β-unsaturated/α-hetero) is 1.